The van der Waals surface area contributed by atoms with Crippen molar-refractivity contribution >= 4 is 35.5 Å². The van der Waals surface area contributed by atoms with Gasteiger partial charge in [0.25, 0.3) is 11.8 Å². The Morgan fingerprint density at radius 1 is 1.07 bits per heavy atom. The molecule has 1 aliphatic carbocycles. The minimum atomic E-state index is -0.706. The number of nitrogens with zero attached hydrogens (tertiary/aromatic N) is 1. The summed E-state index contributed by atoms with van der Waals surface area (Å²) in [5, 5.41) is 2.85. The highest BCUT2D eigenvalue weighted by atomic mass is 35.5. The minimum Gasteiger partial charge on any atom is -0.457 e. The van der Waals surface area contributed by atoms with E-state index < -0.39 is 17.8 Å². The third kappa shape index (κ3) is 3.60. The lowest BCUT2D eigenvalue weighted by Gasteiger charge is -2.35. The second kappa shape index (κ2) is 7.64. The van der Waals surface area contributed by atoms with Crippen LogP contribution in [-0.2, 0) is 9.59 Å². The Morgan fingerprint density at radius 2 is 1.86 bits per heavy atom. The minimum absolute atomic E-state index is 0.0998. The summed E-state index contributed by atoms with van der Waals surface area (Å²) < 4.78 is 5.76. The molecule has 2 aliphatic rings. The number of benzene rings is 1. The van der Waals surface area contributed by atoms with Crippen LogP contribution in [0.5, 0.6) is 0 Å². The first-order valence-electron chi connectivity index (χ1n) is 9.29. The van der Waals surface area contributed by atoms with Crippen LogP contribution in [0.4, 0.5) is 4.79 Å². The fourth-order valence-corrected chi connectivity index (χ4v) is 3.90. The number of barbiturate groups is 1. The molecule has 1 N–H and O–H groups in total. The predicted octanol–water partition coefficient (Wildman–Crippen LogP) is 4.39. The average molecular weight is 399 g/mol. The molecule has 2 aromatic rings. The summed E-state index contributed by atoms with van der Waals surface area (Å²) in [5.74, 6) is -0.353. The zero-order valence-corrected chi connectivity index (χ0v) is 15.9. The maximum atomic E-state index is 12.9. The summed E-state index contributed by atoms with van der Waals surface area (Å²) in [4.78, 5) is 38.6. The molecule has 0 radical (unpaired) electrons. The Morgan fingerprint density at radius 3 is 2.61 bits per heavy atom. The van der Waals surface area contributed by atoms with E-state index in [0.717, 1.165) is 37.7 Å². The van der Waals surface area contributed by atoms with Crippen molar-refractivity contribution in [2.45, 2.75) is 38.1 Å². The van der Waals surface area contributed by atoms with Crippen LogP contribution in [0.25, 0.3) is 17.4 Å². The third-order valence-corrected chi connectivity index (χ3v) is 5.33. The van der Waals surface area contributed by atoms with Gasteiger partial charge in [-0.3, -0.25) is 19.8 Å². The number of carbonyl (C=O) groups excluding carboxylic acids is 3. The monoisotopic (exact) mass is 398 g/mol. The Labute approximate surface area is 167 Å². The molecule has 6 nitrogen and oxygen atoms in total. The summed E-state index contributed by atoms with van der Waals surface area (Å²) in [6.07, 6.45) is 5.95. The van der Waals surface area contributed by atoms with Gasteiger partial charge in [0.05, 0.1) is 0 Å². The molecule has 28 heavy (non-hydrogen) atoms. The Balaban J connectivity index is 1.62. The number of halogens is 1. The molecule has 1 saturated heterocycles. The number of imide groups is 2. The van der Waals surface area contributed by atoms with Crippen molar-refractivity contribution in [3.63, 3.8) is 0 Å². The molecule has 1 aromatic carbocycles. The van der Waals surface area contributed by atoms with E-state index in [0.29, 0.717) is 16.5 Å². The zero-order valence-electron chi connectivity index (χ0n) is 15.1. The molecular weight excluding hydrogens is 380 g/mol. The van der Waals surface area contributed by atoms with E-state index in [1.165, 1.54) is 11.0 Å². The first kappa shape index (κ1) is 18.5. The molecule has 1 aliphatic heterocycles. The van der Waals surface area contributed by atoms with Gasteiger partial charge in [0.2, 0.25) is 0 Å². The van der Waals surface area contributed by atoms with Crippen LogP contribution >= 0.6 is 11.6 Å². The molecule has 0 atom stereocenters. The predicted molar refractivity (Wildman–Crippen MR) is 104 cm³/mol. The van der Waals surface area contributed by atoms with Crippen LogP contribution in [0.15, 0.2) is 46.4 Å². The van der Waals surface area contributed by atoms with E-state index in [4.69, 9.17) is 16.0 Å². The van der Waals surface area contributed by atoms with Gasteiger partial charge in [-0.1, -0.05) is 43.0 Å². The maximum absolute atomic E-state index is 12.9. The number of amides is 4. The van der Waals surface area contributed by atoms with Gasteiger partial charge in [-0.15, -0.1) is 0 Å². The lowest BCUT2D eigenvalue weighted by atomic mass is 9.93. The van der Waals surface area contributed by atoms with Crippen molar-refractivity contribution in [3.05, 3.63) is 52.8 Å². The van der Waals surface area contributed by atoms with Crippen molar-refractivity contribution in [2.75, 3.05) is 0 Å². The summed E-state index contributed by atoms with van der Waals surface area (Å²) in [7, 11) is 0. The highest BCUT2D eigenvalue weighted by molar-refractivity contribution is 6.31. The maximum Gasteiger partial charge on any atom is 0.331 e. The third-order valence-electron chi connectivity index (χ3n) is 5.10. The molecule has 2 fully saturated rings. The largest absolute Gasteiger partial charge is 0.457 e. The molecule has 7 heteroatoms. The van der Waals surface area contributed by atoms with Crippen molar-refractivity contribution in [3.8, 4) is 11.3 Å². The Kier molecular flexibility index (Phi) is 5.05. The van der Waals surface area contributed by atoms with Crippen LogP contribution in [-0.4, -0.2) is 28.8 Å². The van der Waals surface area contributed by atoms with Crippen molar-refractivity contribution in [1.82, 2.24) is 10.2 Å². The van der Waals surface area contributed by atoms with Crippen LogP contribution in [0.2, 0.25) is 5.02 Å². The Bertz CT molecular complexity index is 972. The zero-order chi connectivity index (χ0) is 19.7. The average Bonchev–Trinajstić information content (AvgIpc) is 3.15. The molecule has 0 bridgehead atoms. The highest BCUT2D eigenvalue weighted by Crippen LogP contribution is 2.28. The second-order valence-corrected chi connectivity index (χ2v) is 7.43. The number of hydrogen-bond donors (Lipinski definition) is 1. The topological polar surface area (TPSA) is 79.6 Å². The molecule has 2 heterocycles. The number of furan rings is 1. The molecule has 144 valence electrons. The van der Waals surface area contributed by atoms with E-state index >= 15 is 0 Å². The molecule has 4 amide bonds. The molecule has 4 rings (SSSR count). The van der Waals surface area contributed by atoms with Gasteiger partial charge >= 0.3 is 6.03 Å². The first-order valence-corrected chi connectivity index (χ1v) is 9.67. The van der Waals surface area contributed by atoms with E-state index in [1.54, 1.807) is 24.3 Å². The highest BCUT2D eigenvalue weighted by Gasteiger charge is 2.40. The Hall–Kier alpha value is -2.86. The molecule has 1 aromatic heterocycles. The molecule has 0 spiro atoms. The van der Waals surface area contributed by atoms with Gasteiger partial charge in [0.15, 0.2) is 0 Å². The van der Waals surface area contributed by atoms with Gasteiger partial charge in [0, 0.05) is 16.6 Å². The number of carbonyl (C=O) groups is 3. The fraction of sp³-hybridized carbons (Fsp3) is 0.286. The SMILES string of the molecule is O=C1NC(=O)N(C2CCCCC2)C(=O)C1=Cc1ccc(-c2cccc(Cl)c2)o1. The summed E-state index contributed by atoms with van der Waals surface area (Å²) in [5.41, 5.74) is 0.688. The van der Waals surface area contributed by atoms with E-state index in [-0.39, 0.29) is 11.6 Å². The second-order valence-electron chi connectivity index (χ2n) is 7.00. The number of urea groups is 1. The number of hydrogen-bond acceptors (Lipinski definition) is 4. The fourth-order valence-electron chi connectivity index (χ4n) is 3.71. The summed E-state index contributed by atoms with van der Waals surface area (Å²) >= 11 is 6.01. The van der Waals surface area contributed by atoms with Crippen LogP contribution < -0.4 is 5.32 Å². The summed E-state index contributed by atoms with van der Waals surface area (Å²) in [6, 6.07) is 9.79. The van der Waals surface area contributed by atoms with Gasteiger partial charge < -0.3 is 4.42 Å². The number of nitrogens with one attached hydrogen (secondary N) is 1. The van der Waals surface area contributed by atoms with Crippen LogP contribution in [0.1, 0.15) is 37.9 Å². The van der Waals surface area contributed by atoms with Gasteiger partial charge in [-0.2, -0.15) is 0 Å². The molecular formula is C21H19ClN2O4. The quantitative estimate of drug-likeness (QED) is 0.614. The number of rotatable bonds is 3. The van der Waals surface area contributed by atoms with Crippen LogP contribution in [0, 0.1) is 0 Å². The van der Waals surface area contributed by atoms with Crippen molar-refractivity contribution in [2.24, 2.45) is 0 Å². The lowest BCUT2D eigenvalue weighted by Crippen LogP contribution is -2.58. The van der Waals surface area contributed by atoms with Crippen LogP contribution in [0.3, 0.4) is 0 Å². The molecule has 0 unspecified atom stereocenters. The first-order chi connectivity index (χ1) is 13.5. The standard InChI is InChI=1S/C21H19ClN2O4/c22-14-6-4-5-13(11-14)18-10-9-16(28-18)12-17-19(25)23-21(27)24(20(17)26)15-7-2-1-3-8-15/h4-6,9-12,15H,1-3,7-8H2,(H,23,25,27). The van der Waals surface area contributed by atoms with Gasteiger partial charge in [-0.25, -0.2) is 4.79 Å². The summed E-state index contributed by atoms with van der Waals surface area (Å²) in [6.45, 7) is 0. The van der Waals surface area contributed by atoms with Crippen molar-refractivity contribution < 1.29 is 18.8 Å². The van der Waals surface area contributed by atoms with E-state index in [9.17, 15) is 14.4 Å². The van der Waals surface area contributed by atoms with E-state index in [2.05, 4.69) is 5.32 Å². The van der Waals surface area contributed by atoms with Gasteiger partial charge in [-0.05, 0) is 43.2 Å². The van der Waals surface area contributed by atoms with Crippen molar-refractivity contribution in [1.29, 1.82) is 0 Å². The lowest BCUT2D eigenvalue weighted by molar-refractivity contribution is -0.132. The smallest absolute Gasteiger partial charge is 0.331 e. The van der Waals surface area contributed by atoms with E-state index in [1.807, 2.05) is 12.1 Å². The normalized spacial score (nSPS) is 20.0. The van der Waals surface area contributed by atoms with Gasteiger partial charge in [0.1, 0.15) is 17.1 Å². The molecule has 1 saturated carbocycles.